The van der Waals surface area contributed by atoms with Crippen molar-refractivity contribution in [2.75, 3.05) is 17.6 Å². The van der Waals surface area contributed by atoms with Crippen molar-refractivity contribution in [2.45, 2.75) is 5.37 Å². The summed E-state index contributed by atoms with van der Waals surface area (Å²) in [5.41, 5.74) is 1.90. The van der Waals surface area contributed by atoms with Gasteiger partial charge in [0, 0.05) is 34.9 Å². The Morgan fingerprint density at radius 1 is 1.33 bits per heavy atom. The first kappa shape index (κ1) is 14.4. The second-order valence-corrected chi connectivity index (χ2v) is 6.74. The molecular weight excluding hydrogens is 350 g/mol. The number of carbonyl (C=O) groups is 1. The largest absolute Gasteiger partial charge is 0.323 e. The molecule has 108 valence electrons. The molecular formula is C15H14BrN3OS. The van der Waals surface area contributed by atoms with E-state index in [1.807, 2.05) is 41.3 Å². The molecule has 1 aromatic heterocycles. The summed E-state index contributed by atoms with van der Waals surface area (Å²) in [5.74, 6) is 0.943. The van der Waals surface area contributed by atoms with E-state index < -0.39 is 0 Å². The molecule has 2 heterocycles. The predicted molar refractivity (Wildman–Crippen MR) is 89.3 cm³/mol. The molecule has 1 fully saturated rings. The maximum Gasteiger partial charge on any atom is 0.323 e. The Bertz CT molecular complexity index is 638. The molecule has 2 amide bonds. The Morgan fingerprint density at radius 2 is 2.14 bits per heavy atom. The number of urea groups is 1. The molecule has 0 spiro atoms. The second-order valence-electron chi connectivity index (χ2n) is 4.64. The number of nitrogens with zero attached hydrogens (tertiary/aromatic N) is 2. The fraction of sp³-hybridized carbons (Fsp3) is 0.200. The monoisotopic (exact) mass is 363 g/mol. The molecule has 1 atom stereocenters. The molecule has 1 N–H and O–H groups in total. The van der Waals surface area contributed by atoms with Crippen LogP contribution in [-0.2, 0) is 0 Å². The average Bonchev–Trinajstić information content (AvgIpc) is 2.98. The number of pyridine rings is 1. The number of aromatic nitrogens is 1. The van der Waals surface area contributed by atoms with Gasteiger partial charge in [-0.2, -0.15) is 0 Å². The first-order chi connectivity index (χ1) is 10.2. The molecule has 0 bridgehead atoms. The number of halogens is 1. The van der Waals surface area contributed by atoms with Crippen LogP contribution in [0.2, 0.25) is 0 Å². The SMILES string of the molecule is O=C(Nc1cccc(Br)c1)N1CCSC1c1ccncc1. The van der Waals surface area contributed by atoms with Gasteiger partial charge in [-0.15, -0.1) is 11.8 Å². The summed E-state index contributed by atoms with van der Waals surface area (Å²) in [6.45, 7) is 0.748. The van der Waals surface area contributed by atoms with E-state index in [1.54, 1.807) is 24.2 Å². The van der Waals surface area contributed by atoms with Crippen LogP contribution in [0.4, 0.5) is 10.5 Å². The van der Waals surface area contributed by atoms with E-state index in [4.69, 9.17) is 0 Å². The highest BCUT2D eigenvalue weighted by molar-refractivity contribution is 9.10. The van der Waals surface area contributed by atoms with Crippen molar-refractivity contribution in [2.24, 2.45) is 0 Å². The normalized spacial score (nSPS) is 17.8. The van der Waals surface area contributed by atoms with Crippen LogP contribution in [-0.4, -0.2) is 28.2 Å². The molecule has 4 nitrogen and oxygen atoms in total. The number of nitrogens with one attached hydrogen (secondary N) is 1. The molecule has 2 aromatic rings. The van der Waals surface area contributed by atoms with Gasteiger partial charge in [-0.1, -0.05) is 22.0 Å². The van der Waals surface area contributed by atoms with E-state index in [0.717, 1.165) is 28.0 Å². The fourth-order valence-electron chi connectivity index (χ4n) is 2.24. The third-order valence-corrected chi connectivity index (χ3v) is 4.97. The smallest absolute Gasteiger partial charge is 0.308 e. The zero-order chi connectivity index (χ0) is 14.7. The summed E-state index contributed by atoms with van der Waals surface area (Å²) in [6.07, 6.45) is 3.53. The summed E-state index contributed by atoms with van der Waals surface area (Å²) in [7, 11) is 0. The van der Waals surface area contributed by atoms with Crippen LogP contribution in [0.25, 0.3) is 0 Å². The zero-order valence-electron chi connectivity index (χ0n) is 11.2. The van der Waals surface area contributed by atoms with E-state index in [0.29, 0.717) is 0 Å². The van der Waals surface area contributed by atoms with Gasteiger partial charge >= 0.3 is 6.03 Å². The number of hydrogen-bond donors (Lipinski definition) is 1. The van der Waals surface area contributed by atoms with Gasteiger partial charge in [0.15, 0.2) is 0 Å². The maximum absolute atomic E-state index is 12.5. The minimum Gasteiger partial charge on any atom is -0.308 e. The van der Waals surface area contributed by atoms with E-state index in [9.17, 15) is 4.79 Å². The lowest BCUT2D eigenvalue weighted by Gasteiger charge is -2.24. The van der Waals surface area contributed by atoms with Crippen molar-refractivity contribution < 1.29 is 4.79 Å². The topological polar surface area (TPSA) is 45.2 Å². The zero-order valence-corrected chi connectivity index (χ0v) is 13.6. The summed E-state index contributed by atoms with van der Waals surface area (Å²) in [6, 6.07) is 11.5. The predicted octanol–water partition coefficient (Wildman–Crippen LogP) is 4.12. The number of amides is 2. The van der Waals surface area contributed by atoms with Crippen molar-refractivity contribution >= 4 is 39.4 Å². The fourth-order valence-corrected chi connectivity index (χ4v) is 3.90. The second kappa shape index (κ2) is 6.49. The number of rotatable bonds is 2. The van der Waals surface area contributed by atoms with Crippen LogP contribution in [0.15, 0.2) is 53.3 Å². The number of benzene rings is 1. The quantitative estimate of drug-likeness (QED) is 0.872. The molecule has 1 aliphatic rings. The summed E-state index contributed by atoms with van der Waals surface area (Å²) in [5, 5.41) is 3.01. The van der Waals surface area contributed by atoms with Gasteiger partial charge in [0.1, 0.15) is 5.37 Å². The van der Waals surface area contributed by atoms with Crippen molar-refractivity contribution in [1.29, 1.82) is 0 Å². The van der Waals surface area contributed by atoms with Crippen molar-refractivity contribution in [3.05, 3.63) is 58.8 Å². The molecule has 0 radical (unpaired) electrons. The number of hydrogen-bond acceptors (Lipinski definition) is 3. The van der Waals surface area contributed by atoms with E-state index >= 15 is 0 Å². The molecule has 6 heteroatoms. The average molecular weight is 364 g/mol. The number of carbonyl (C=O) groups excluding carboxylic acids is 1. The summed E-state index contributed by atoms with van der Waals surface area (Å²) in [4.78, 5) is 18.4. The van der Waals surface area contributed by atoms with Gasteiger partial charge in [0.25, 0.3) is 0 Å². The third-order valence-electron chi connectivity index (χ3n) is 3.22. The minimum atomic E-state index is -0.0695. The van der Waals surface area contributed by atoms with E-state index in [2.05, 4.69) is 26.2 Å². The van der Waals surface area contributed by atoms with E-state index in [-0.39, 0.29) is 11.4 Å². The number of thioether (sulfide) groups is 1. The molecule has 0 saturated carbocycles. The molecule has 1 unspecified atom stereocenters. The Kier molecular flexibility index (Phi) is 4.45. The van der Waals surface area contributed by atoms with Crippen molar-refractivity contribution in [1.82, 2.24) is 9.88 Å². The maximum atomic E-state index is 12.5. The first-order valence-corrected chi connectivity index (χ1v) is 8.43. The highest BCUT2D eigenvalue weighted by atomic mass is 79.9. The van der Waals surface area contributed by atoms with Gasteiger partial charge in [-0.25, -0.2) is 4.79 Å². The van der Waals surface area contributed by atoms with Crippen LogP contribution < -0.4 is 5.32 Å². The first-order valence-electron chi connectivity index (χ1n) is 6.59. The summed E-state index contributed by atoms with van der Waals surface area (Å²) >= 11 is 5.18. The minimum absolute atomic E-state index is 0.0557. The third kappa shape index (κ3) is 3.39. The van der Waals surface area contributed by atoms with Crippen LogP contribution in [0.1, 0.15) is 10.9 Å². The Hall–Kier alpha value is -1.53. The Labute approximate surface area is 136 Å². The molecule has 1 saturated heterocycles. The van der Waals surface area contributed by atoms with Gasteiger partial charge in [0.2, 0.25) is 0 Å². The van der Waals surface area contributed by atoms with Gasteiger partial charge in [-0.3, -0.25) is 4.98 Å². The Balaban J connectivity index is 1.74. The molecule has 0 aliphatic carbocycles. The lowest BCUT2D eigenvalue weighted by atomic mass is 10.2. The molecule has 1 aliphatic heterocycles. The lowest BCUT2D eigenvalue weighted by Crippen LogP contribution is -2.34. The van der Waals surface area contributed by atoms with Gasteiger partial charge in [0.05, 0.1) is 0 Å². The van der Waals surface area contributed by atoms with Crippen molar-refractivity contribution in [3.8, 4) is 0 Å². The summed E-state index contributed by atoms with van der Waals surface area (Å²) < 4.78 is 0.946. The van der Waals surface area contributed by atoms with Crippen LogP contribution in [0, 0.1) is 0 Å². The molecule has 21 heavy (non-hydrogen) atoms. The lowest BCUT2D eigenvalue weighted by molar-refractivity contribution is 0.214. The molecule has 3 rings (SSSR count). The van der Waals surface area contributed by atoms with Crippen molar-refractivity contribution in [3.63, 3.8) is 0 Å². The highest BCUT2D eigenvalue weighted by Gasteiger charge is 2.30. The molecule has 1 aromatic carbocycles. The van der Waals surface area contributed by atoms with Gasteiger partial charge < -0.3 is 10.2 Å². The standard InChI is InChI=1S/C15H14BrN3OS/c16-12-2-1-3-13(10-12)18-15(20)19-8-9-21-14(19)11-4-6-17-7-5-11/h1-7,10,14H,8-9H2,(H,18,20). The van der Waals surface area contributed by atoms with Gasteiger partial charge in [-0.05, 0) is 35.9 Å². The van der Waals surface area contributed by atoms with Crippen LogP contribution in [0.5, 0.6) is 0 Å². The Morgan fingerprint density at radius 3 is 2.90 bits per heavy atom. The highest BCUT2D eigenvalue weighted by Crippen LogP contribution is 2.37. The number of anilines is 1. The van der Waals surface area contributed by atoms with Crippen LogP contribution >= 0.6 is 27.7 Å². The van der Waals surface area contributed by atoms with E-state index in [1.165, 1.54) is 0 Å². The van der Waals surface area contributed by atoms with Crippen LogP contribution in [0.3, 0.4) is 0 Å².